The fourth-order valence-electron chi connectivity index (χ4n) is 3.69. The maximum Gasteiger partial charge on any atom is 0.267 e. The molecule has 3 aromatic rings. The van der Waals surface area contributed by atoms with E-state index in [0.717, 1.165) is 48.4 Å². The Kier molecular flexibility index (Phi) is 3.87. The molecule has 2 N–H and O–H groups in total. The summed E-state index contributed by atoms with van der Waals surface area (Å²) in [7, 11) is 3.60. The number of amides is 1. The van der Waals surface area contributed by atoms with Crippen LogP contribution in [0.4, 0.5) is 5.82 Å². The first kappa shape index (κ1) is 15.6. The van der Waals surface area contributed by atoms with E-state index in [1.165, 1.54) is 0 Å². The molecule has 25 heavy (non-hydrogen) atoms. The first-order valence-corrected chi connectivity index (χ1v) is 8.49. The number of carbonyl (C=O) groups is 1. The molecule has 1 atom stereocenters. The van der Waals surface area contributed by atoms with Gasteiger partial charge in [0.2, 0.25) is 0 Å². The molecule has 1 aliphatic rings. The predicted molar refractivity (Wildman–Crippen MR) is 94.4 cm³/mol. The summed E-state index contributed by atoms with van der Waals surface area (Å²) < 4.78 is 1.98. The van der Waals surface area contributed by atoms with Crippen molar-refractivity contribution in [2.45, 2.75) is 25.3 Å². The minimum Gasteiger partial charge on any atom is -0.354 e. The van der Waals surface area contributed by atoms with E-state index >= 15 is 0 Å². The van der Waals surface area contributed by atoms with E-state index in [-0.39, 0.29) is 11.9 Å². The van der Waals surface area contributed by atoms with Gasteiger partial charge in [-0.05, 0) is 31.4 Å². The molecule has 1 amide bonds. The van der Waals surface area contributed by atoms with E-state index in [9.17, 15) is 4.79 Å². The Balaban J connectivity index is 1.77. The highest BCUT2D eigenvalue weighted by Gasteiger charge is 2.29. The number of H-pyrrole nitrogens is 1. The van der Waals surface area contributed by atoms with Crippen molar-refractivity contribution in [1.29, 1.82) is 0 Å². The summed E-state index contributed by atoms with van der Waals surface area (Å²) in [5.41, 5.74) is 2.53. The Morgan fingerprint density at radius 2 is 2.20 bits per heavy atom. The highest BCUT2D eigenvalue weighted by molar-refractivity contribution is 5.92. The maximum absolute atomic E-state index is 12.0. The van der Waals surface area contributed by atoms with Crippen LogP contribution in [-0.4, -0.2) is 44.2 Å². The lowest BCUT2D eigenvalue weighted by Gasteiger charge is -2.37. The van der Waals surface area contributed by atoms with Gasteiger partial charge in [-0.15, -0.1) is 0 Å². The van der Waals surface area contributed by atoms with Gasteiger partial charge in [-0.25, -0.2) is 9.97 Å². The van der Waals surface area contributed by atoms with Crippen LogP contribution in [0.25, 0.3) is 11.0 Å². The van der Waals surface area contributed by atoms with Gasteiger partial charge in [0.1, 0.15) is 17.8 Å². The van der Waals surface area contributed by atoms with Crippen molar-refractivity contribution >= 4 is 22.8 Å². The third kappa shape index (κ3) is 2.54. The Bertz CT molecular complexity index is 913. The molecule has 0 bridgehead atoms. The number of piperidine rings is 1. The standard InChI is InChI=1S/C17H21N7O/c1-18-17(25)14-7-6-12(23(14)2)13-5-3-4-8-24(13)16-11-9-21-22-15(11)19-10-20-16/h6-7,9-10,13H,3-5,8H2,1-2H3,(H,18,25)(H,19,20,21,22)/t13-/m0/s1. The third-order valence-corrected chi connectivity index (χ3v) is 4.96. The molecule has 4 heterocycles. The molecule has 1 fully saturated rings. The first-order chi connectivity index (χ1) is 12.2. The molecular formula is C17H21N7O. The van der Waals surface area contributed by atoms with Crippen molar-refractivity contribution in [3.8, 4) is 0 Å². The molecule has 0 saturated carbocycles. The number of rotatable bonds is 3. The van der Waals surface area contributed by atoms with Crippen molar-refractivity contribution in [1.82, 2.24) is 30.0 Å². The second kappa shape index (κ2) is 6.19. The Labute approximate surface area is 145 Å². The number of aromatic amines is 1. The number of nitrogens with one attached hydrogen (secondary N) is 2. The summed E-state index contributed by atoms with van der Waals surface area (Å²) in [5.74, 6) is 0.821. The second-order valence-corrected chi connectivity index (χ2v) is 6.32. The van der Waals surface area contributed by atoms with Gasteiger partial charge >= 0.3 is 0 Å². The molecule has 130 valence electrons. The normalized spacial score (nSPS) is 17.8. The SMILES string of the molecule is CNC(=O)c1ccc([C@@H]2CCCCN2c2ncnc3[nH]ncc23)n1C. The summed E-state index contributed by atoms with van der Waals surface area (Å²) in [6.45, 7) is 0.919. The monoisotopic (exact) mass is 339 g/mol. The smallest absolute Gasteiger partial charge is 0.267 e. The van der Waals surface area contributed by atoms with E-state index in [1.807, 2.05) is 23.7 Å². The number of nitrogens with zero attached hydrogens (tertiary/aromatic N) is 5. The van der Waals surface area contributed by atoms with Crippen LogP contribution in [0.2, 0.25) is 0 Å². The quantitative estimate of drug-likeness (QED) is 0.759. The van der Waals surface area contributed by atoms with Crippen LogP contribution >= 0.6 is 0 Å². The van der Waals surface area contributed by atoms with Crippen LogP contribution in [0.15, 0.2) is 24.7 Å². The molecule has 0 radical (unpaired) electrons. The average Bonchev–Trinajstić information content (AvgIpc) is 3.27. The van der Waals surface area contributed by atoms with E-state index in [4.69, 9.17) is 0 Å². The number of hydrogen-bond acceptors (Lipinski definition) is 5. The minimum absolute atomic E-state index is 0.0737. The third-order valence-electron chi connectivity index (χ3n) is 4.96. The average molecular weight is 339 g/mol. The largest absolute Gasteiger partial charge is 0.354 e. The predicted octanol–water partition coefficient (Wildman–Crippen LogP) is 1.78. The molecule has 0 aliphatic carbocycles. The van der Waals surface area contributed by atoms with Crippen LogP contribution in [0, 0.1) is 0 Å². The highest BCUT2D eigenvalue weighted by atomic mass is 16.1. The topological polar surface area (TPSA) is 91.7 Å². The van der Waals surface area contributed by atoms with Crippen LogP contribution in [0.5, 0.6) is 0 Å². The van der Waals surface area contributed by atoms with Crippen LogP contribution in [0.1, 0.15) is 41.5 Å². The van der Waals surface area contributed by atoms with Gasteiger partial charge in [0, 0.05) is 26.3 Å². The lowest BCUT2D eigenvalue weighted by Crippen LogP contribution is -2.35. The van der Waals surface area contributed by atoms with E-state index in [0.29, 0.717) is 5.69 Å². The molecule has 8 nitrogen and oxygen atoms in total. The van der Waals surface area contributed by atoms with Crippen LogP contribution in [-0.2, 0) is 7.05 Å². The fourth-order valence-corrected chi connectivity index (χ4v) is 3.69. The van der Waals surface area contributed by atoms with Gasteiger partial charge in [-0.3, -0.25) is 9.89 Å². The zero-order valence-electron chi connectivity index (χ0n) is 14.4. The lowest BCUT2D eigenvalue weighted by molar-refractivity contribution is 0.0954. The molecule has 0 spiro atoms. The molecular weight excluding hydrogens is 318 g/mol. The van der Waals surface area contributed by atoms with Crippen molar-refractivity contribution in [2.75, 3.05) is 18.5 Å². The molecule has 3 aromatic heterocycles. The maximum atomic E-state index is 12.0. The summed E-state index contributed by atoms with van der Waals surface area (Å²) in [4.78, 5) is 23.1. The van der Waals surface area contributed by atoms with E-state index in [2.05, 4.69) is 30.4 Å². The summed E-state index contributed by atoms with van der Waals surface area (Å²) in [6.07, 6.45) is 6.64. The van der Waals surface area contributed by atoms with Crippen molar-refractivity contribution < 1.29 is 4.79 Å². The Hall–Kier alpha value is -2.90. The molecule has 4 rings (SSSR count). The number of carbonyl (C=O) groups excluding carboxylic acids is 1. The van der Waals surface area contributed by atoms with E-state index < -0.39 is 0 Å². The van der Waals surface area contributed by atoms with Gasteiger partial charge in [0.15, 0.2) is 5.65 Å². The zero-order valence-corrected chi connectivity index (χ0v) is 14.4. The summed E-state index contributed by atoms with van der Waals surface area (Å²) in [6, 6.07) is 4.10. The summed E-state index contributed by atoms with van der Waals surface area (Å²) in [5, 5.41) is 10.6. The Morgan fingerprint density at radius 3 is 3.04 bits per heavy atom. The van der Waals surface area contributed by atoms with Crippen molar-refractivity contribution in [2.24, 2.45) is 7.05 Å². The molecule has 1 aliphatic heterocycles. The fraction of sp³-hybridized carbons (Fsp3) is 0.412. The Morgan fingerprint density at radius 1 is 1.32 bits per heavy atom. The number of anilines is 1. The number of fused-ring (bicyclic) bond motifs is 1. The second-order valence-electron chi connectivity index (χ2n) is 6.32. The van der Waals surface area contributed by atoms with Crippen LogP contribution < -0.4 is 10.2 Å². The van der Waals surface area contributed by atoms with Crippen molar-refractivity contribution in [3.05, 3.63) is 36.0 Å². The molecule has 0 aromatic carbocycles. The van der Waals surface area contributed by atoms with Gasteiger partial charge in [-0.1, -0.05) is 0 Å². The number of hydrogen-bond donors (Lipinski definition) is 2. The van der Waals surface area contributed by atoms with E-state index in [1.54, 1.807) is 19.6 Å². The van der Waals surface area contributed by atoms with Gasteiger partial charge in [0.25, 0.3) is 5.91 Å². The minimum atomic E-state index is -0.0737. The highest BCUT2D eigenvalue weighted by Crippen LogP contribution is 2.36. The van der Waals surface area contributed by atoms with Gasteiger partial charge < -0.3 is 14.8 Å². The first-order valence-electron chi connectivity index (χ1n) is 8.49. The van der Waals surface area contributed by atoms with Gasteiger partial charge in [0.05, 0.1) is 17.6 Å². The van der Waals surface area contributed by atoms with Crippen LogP contribution in [0.3, 0.4) is 0 Å². The van der Waals surface area contributed by atoms with Crippen molar-refractivity contribution in [3.63, 3.8) is 0 Å². The molecule has 0 unspecified atom stereocenters. The number of aromatic nitrogens is 5. The molecule has 1 saturated heterocycles. The van der Waals surface area contributed by atoms with Gasteiger partial charge in [-0.2, -0.15) is 5.10 Å². The molecule has 8 heteroatoms. The zero-order chi connectivity index (χ0) is 17.4. The lowest BCUT2D eigenvalue weighted by atomic mass is 9.99. The summed E-state index contributed by atoms with van der Waals surface area (Å²) >= 11 is 0.